The highest BCUT2D eigenvalue weighted by atomic mass is 35.5. The number of amides is 1. The quantitative estimate of drug-likeness (QED) is 0.655. The first-order valence-corrected chi connectivity index (χ1v) is 11.2. The number of carbonyl (C=O) groups is 1. The van der Waals surface area contributed by atoms with E-state index in [1.54, 1.807) is 12.1 Å². The molecular weight excluding hydrogens is 402 g/mol. The van der Waals surface area contributed by atoms with Crippen LogP contribution in [0.2, 0.25) is 5.15 Å². The summed E-state index contributed by atoms with van der Waals surface area (Å²) in [5.41, 5.74) is 0. The lowest BCUT2D eigenvalue weighted by molar-refractivity contribution is -0.121. The largest absolute Gasteiger partial charge is 0.468 e. The smallest absolute Gasteiger partial charge is 0.245 e. The van der Waals surface area contributed by atoms with E-state index in [-0.39, 0.29) is 29.0 Å². The van der Waals surface area contributed by atoms with E-state index in [2.05, 4.69) is 10.3 Å². The Morgan fingerprint density at radius 3 is 2.68 bits per heavy atom. The number of nitrogens with one attached hydrogen (secondary N) is 1. The van der Waals surface area contributed by atoms with Crippen molar-refractivity contribution >= 4 is 27.5 Å². The van der Waals surface area contributed by atoms with Crippen molar-refractivity contribution in [1.29, 1.82) is 0 Å². The number of nitrogens with zero attached hydrogens (tertiary/aromatic N) is 2. The third-order valence-electron chi connectivity index (χ3n) is 4.88. The Bertz CT molecular complexity index is 863. The molecule has 0 atom stereocenters. The molecule has 1 fully saturated rings. The number of sulfonamides is 1. The van der Waals surface area contributed by atoms with E-state index in [0.29, 0.717) is 18.2 Å². The number of aromatic nitrogens is 1. The molecule has 0 aliphatic heterocycles. The predicted molar refractivity (Wildman–Crippen MR) is 105 cm³/mol. The van der Waals surface area contributed by atoms with Crippen LogP contribution < -0.4 is 5.32 Å². The normalized spacial score (nSPS) is 15.6. The maximum absolute atomic E-state index is 13.0. The number of furan rings is 1. The molecule has 0 radical (unpaired) electrons. The minimum Gasteiger partial charge on any atom is -0.468 e. The maximum Gasteiger partial charge on any atom is 0.245 e. The van der Waals surface area contributed by atoms with Gasteiger partial charge in [0.05, 0.1) is 19.4 Å². The minimum atomic E-state index is -3.94. The Kier molecular flexibility index (Phi) is 7.09. The highest BCUT2D eigenvalue weighted by molar-refractivity contribution is 7.89. The molecule has 7 nitrogen and oxygen atoms in total. The van der Waals surface area contributed by atoms with Gasteiger partial charge in [-0.1, -0.05) is 30.9 Å². The lowest BCUT2D eigenvalue weighted by atomic mass is 9.89. The van der Waals surface area contributed by atoms with Gasteiger partial charge in [-0.05, 0) is 43.0 Å². The van der Waals surface area contributed by atoms with Crippen molar-refractivity contribution in [3.8, 4) is 0 Å². The summed E-state index contributed by atoms with van der Waals surface area (Å²) >= 11 is 5.76. The maximum atomic E-state index is 13.0. The van der Waals surface area contributed by atoms with Crippen molar-refractivity contribution in [2.45, 2.75) is 43.5 Å². The molecule has 1 saturated carbocycles. The molecule has 0 unspecified atom stereocenters. The number of halogens is 1. The summed E-state index contributed by atoms with van der Waals surface area (Å²) in [6.45, 7) is 0.239. The van der Waals surface area contributed by atoms with Gasteiger partial charge in [-0.15, -0.1) is 0 Å². The summed E-state index contributed by atoms with van der Waals surface area (Å²) in [6, 6.07) is 6.12. The highest BCUT2D eigenvalue weighted by Crippen LogP contribution is 2.23. The molecule has 1 amide bonds. The third-order valence-corrected chi connectivity index (χ3v) is 6.88. The van der Waals surface area contributed by atoms with Gasteiger partial charge in [0.15, 0.2) is 0 Å². The third kappa shape index (κ3) is 5.56. The number of carbonyl (C=O) groups excluding carboxylic acids is 1. The van der Waals surface area contributed by atoms with Gasteiger partial charge in [-0.3, -0.25) is 4.79 Å². The molecule has 2 heterocycles. The van der Waals surface area contributed by atoms with E-state index in [0.717, 1.165) is 17.1 Å². The van der Waals surface area contributed by atoms with Crippen LogP contribution in [0.1, 0.15) is 37.9 Å². The van der Waals surface area contributed by atoms with E-state index < -0.39 is 10.0 Å². The Hall–Kier alpha value is -1.90. The number of rotatable bonds is 8. The summed E-state index contributed by atoms with van der Waals surface area (Å²) in [6.07, 6.45) is 8.47. The second-order valence-corrected chi connectivity index (χ2v) is 9.30. The first kappa shape index (κ1) is 20.8. The molecule has 9 heteroatoms. The molecule has 3 rings (SSSR count). The van der Waals surface area contributed by atoms with Crippen molar-refractivity contribution < 1.29 is 17.6 Å². The predicted octanol–water partition coefficient (Wildman–Crippen LogP) is 3.22. The van der Waals surface area contributed by atoms with Crippen LogP contribution in [0.5, 0.6) is 0 Å². The van der Waals surface area contributed by atoms with Gasteiger partial charge in [0.2, 0.25) is 15.9 Å². The van der Waals surface area contributed by atoms with Gasteiger partial charge in [0.25, 0.3) is 0 Å². The van der Waals surface area contributed by atoms with Crippen molar-refractivity contribution in [1.82, 2.24) is 14.6 Å². The molecule has 28 heavy (non-hydrogen) atoms. The van der Waals surface area contributed by atoms with Crippen LogP contribution in [-0.4, -0.2) is 36.7 Å². The van der Waals surface area contributed by atoms with Crippen LogP contribution in [0.15, 0.2) is 46.0 Å². The molecule has 152 valence electrons. The van der Waals surface area contributed by atoms with Gasteiger partial charge in [0.1, 0.15) is 15.8 Å². The second kappa shape index (κ2) is 9.54. The van der Waals surface area contributed by atoms with E-state index in [1.807, 2.05) is 0 Å². The summed E-state index contributed by atoms with van der Waals surface area (Å²) in [4.78, 5) is 16.3. The molecule has 0 aromatic carbocycles. The Balaban J connectivity index is 1.70. The Morgan fingerprint density at radius 1 is 1.25 bits per heavy atom. The van der Waals surface area contributed by atoms with Gasteiger partial charge < -0.3 is 9.73 Å². The second-order valence-electron chi connectivity index (χ2n) is 6.98. The van der Waals surface area contributed by atoms with Crippen LogP contribution >= 0.6 is 11.6 Å². The zero-order chi connectivity index (χ0) is 20.0. The van der Waals surface area contributed by atoms with Crippen molar-refractivity contribution in [3.63, 3.8) is 0 Å². The fourth-order valence-corrected chi connectivity index (χ4v) is 4.75. The minimum absolute atomic E-state index is 0.0245. The summed E-state index contributed by atoms with van der Waals surface area (Å²) in [5, 5.41) is 3.08. The van der Waals surface area contributed by atoms with Crippen LogP contribution in [0.3, 0.4) is 0 Å². The summed E-state index contributed by atoms with van der Waals surface area (Å²) in [5.74, 6) is 0.585. The molecule has 0 saturated heterocycles. The van der Waals surface area contributed by atoms with Crippen LogP contribution in [-0.2, 0) is 21.4 Å². The Labute approximate surface area is 170 Å². The average molecular weight is 426 g/mol. The lowest BCUT2D eigenvalue weighted by Crippen LogP contribution is -2.41. The molecule has 2 aromatic heterocycles. The monoisotopic (exact) mass is 425 g/mol. The fourth-order valence-electron chi connectivity index (χ4n) is 3.33. The Morgan fingerprint density at radius 2 is 2.04 bits per heavy atom. The summed E-state index contributed by atoms with van der Waals surface area (Å²) < 4.78 is 32.4. The fraction of sp³-hybridized carbons (Fsp3) is 0.474. The molecule has 1 N–H and O–H groups in total. The average Bonchev–Trinajstić information content (AvgIpc) is 3.20. The summed E-state index contributed by atoms with van der Waals surface area (Å²) in [7, 11) is -3.94. The van der Waals surface area contributed by atoms with E-state index in [1.165, 1.54) is 43.9 Å². The number of pyridine rings is 1. The number of hydrogen-bond acceptors (Lipinski definition) is 5. The van der Waals surface area contributed by atoms with E-state index in [4.69, 9.17) is 16.0 Å². The van der Waals surface area contributed by atoms with Crippen LogP contribution in [0, 0.1) is 5.92 Å². The SMILES string of the molecule is O=C(CN(Cc1ccco1)S(=O)(=O)c1ccc(Cl)nc1)NCC1CCCCC1. The van der Waals surface area contributed by atoms with E-state index in [9.17, 15) is 13.2 Å². The van der Waals surface area contributed by atoms with Crippen molar-refractivity contribution in [2.24, 2.45) is 5.92 Å². The molecule has 0 spiro atoms. The molecule has 1 aliphatic carbocycles. The lowest BCUT2D eigenvalue weighted by Gasteiger charge is -2.24. The first-order chi connectivity index (χ1) is 13.4. The van der Waals surface area contributed by atoms with Crippen LogP contribution in [0.25, 0.3) is 0 Å². The van der Waals surface area contributed by atoms with Gasteiger partial charge in [-0.2, -0.15) is 4.31 Å². The van der Waals surface area contributed by atoms with Crippen LogP contribution in [0.4, 0.5) is 0 Å². The molecule has 1 aliphatic rings. The molecular formula is C19H24ClN3O4S. The van der Waals surface area contributed by atoms with Gasteiger partial charge in [0, 0.05) is 12.7 Å². The topological polar surface area (TPSA) is 92.5 Å². The molecule has 2 aromatic rings. The molecule has 0 bridgehead atoms. The first-order valence-electron chi connectivity index (χ1n) is 9.36. The zero-order valence-electron chi connectivity index (χ0n) is 15.5. The van der Waals surface area contributed by atoms with Crippen molar-refractivity contribution in [2.75, 3.05) is 13.1 Å². The van der Waals surface area contributed by atoms with Crippen molar-refractivity contribution in [3.05, 3.63) is 47.6 Å². The van der Waals surface area contributed by atoms with E-state index >= 15 is 0 Å². The standard InChI is InChI=1S/C19H24ClN3O4S/c20-18-9-8-17(12-21-18)28(25,26)23(13-16-7-4-10-27-16)14-19(24)22-11-15-5-2-1-3-6-15/h4,7-10,12,15H,1-3,5-6,11,13-14H2,(H,22,24). The van der Waals surface area contributed by atoms with Gasteiger partial charge in [-0.25, -0.2) is 13.4 Å². The highest BCUT2D eigenvalue weighted by Gasteiger charge is 2.28. The zero-order valence-corrected chi connectivity index (χ0v) is 17.1. The number of hydrogen-bond donors (Lipinski definition) is 1. The van der Waals surface area contributed by atoms with Gasteiger partial charge >= 0.3 is 0 Å².